The highest BCUT2D eigenvalue weighted by Crippen LogP contribution is 2.28. The number of benzene rings is 1. The van der Waals surface area contributed by atoms with Gasteiger partial charge in [-0.1, -0.05) is 24.4 Å². The molecule has 1 aromatic carbocycles. The minimum Gasteiger partial charge on any atom is -0.442 e. The van der Waals surface area contributed by atoms with Gasteiger partial charge in [-0.2, -0.15) is 0 Å². The first kappa shape index (κ1) is 21.7. The van der Waals surface area contributed by atoms with Crippen LogP contribution in [-0.4, -0.2) is 72.4 Å². The number of carbonyl (C=O) groups excluding carboxylic acids is 1. The summed E-state index contributed by atoms with van der Waals surface area (Å²) < 4.78 is 20.2. The van der Waals surface area contributed by atoms with Gasteiger partial charge in [-0.05, 0) is 32.0 Å². The van der Waals surface area contributed by atoms with Crippen LogP contribution in [0.15, 0.2) is 18.2 Å². The quantitative estimate of drug-likeness (QED) is 0.674. The molecule has 0 aliphatic carbocycles. The maximum atomic E-state index is 14.8. The maximum absolute atomic E-state index is 14.8. The molecule has 1 aromatic rings. The standard InChI is InChI=1S/C19H26FN5O2S2/c1-12(21)18(29)24-7-5-23(6-8-24)17-4-3-14(9-16(17)20)25-11-15(27-19(25)26)10-22-13(2)28/h3-4,9,12,15H,5-8,10-11,21H2,1-2H3,(H,22,28). The van der Waals surface area contributed by atoms with Crippen LogP contribution in [0.1, 0.15) is 13.8 Å². The van der Waals surface area contributed by atoms with Crippen molar-refractivity contribution in [1.82, 2.24) is 10.2 Å². The molecule has 0 bridgehead atoms. The van der Waals surface area contributed by atoms with E-state index in [2.05, 4.69) is 10.2 Å². The molecule has 158 valence electrons. The Kier molecular flexibility index (Phi) is 6.86. The minimum absolute atomic E-state index is 0.167. The molecule has 2 fully saturated rings. The minimum atomic E-state index is -0.482. The van der Waals surface area contributed by atoms with Crippen LogP contribution in [0.25, 0.3) is 0 Å². The van der Waals surface area contributed by atoms with Crippen LogP contribution in [0.2, 0.25) is 0 Å². The number of nitrogens with zero attached hydrogens (tertiary/aromatic N) is 3. The summed E-state index contributed by atoms with van der Waals surface area (Å²) in [6.45, 7) is 7.13. The molecule has 2 aliphatic rings. The van der Waals surface area contributed by atoms with Gasteiger partial charge >= 0.3 is 6.09 Å². The molecule has 2 saturated heterocycles. The van der Waals surface area contributed by atoms with Gasteiger partial charge in [0.15, 0.2) is 0 Å². The van der Waals surface area contributed by atoms with Crippen molar-refractivity contribution >= 4 is 51.9 Å². The molecular weight excluding hydrogens is 413 g/mol. The van der Waals surface area contributed by atoms with Crippen molar-refractivity contribution in [3.63, 3.8) is 0 Å². The van der Waals surface area contributed by atoms with E-state index in [0.717, 1.165) is 4.99 Å². The summed E-state index contributed by atoms with van der Waals surface area (Å²) in [6, 6.07) is 4.68. The number of thiocarbonyl (C=S) groups is 2. The Morgan fingerprint density at radius 1 is 1.34 bits per heavy atom. The van der Waals surface area contributed by atoms with E-state index in [1.807, 2.05) is 11.8 Å². The van der Waals surface area contributed by atoms with Gasteiger partial charge < -0.3 is 25.6 Å². The van der Waals surface area contributed by atoms with Gasteiger partial charge in [0.05, 0.1) is 40.5 Å². The van der Waals surface area contributed by atoms with Gasteiger partial charge in [-0.3, -0.25) is 4.90 Å². The predicted molar refractivity (Wildman–Crippen MR) is 120 cm³/mol. The molecule has 3 N–H and O–H groups in total. The number of cyclic esters (lactones) is 1. The summed E-state index contributed by atoms with van der Waals surface area (Å²) in [6.07, 6.45) is -0.811. The number of piperazine rings is 1. The van der Waals surface area contributed by atoms with Crippen molar-refractivity contribution in [3.05, 3.63) is 24.0 Å². The fourth-order valence-corrected chi connectivity index (χ4v) is 3.74. The molecule has 0 radical (unpaired) electrons. The number of amides is 1. The lowest BCUT2D eigenvalue weighted by Crippen LogP contribution is -2.52. The molecule has 7 nitrogen and oxygen atoms in total. The number of ether oxygens (including phenoxy) is 1. The zero-order valence-electron chi connectivity index (χ0n) is 16.6. The van der Waals surface area contributed by atoms with Gasteiger partial charge in [0.1, 0.15) is 11.9 Å². The lowest BCUT2D eigenvalue weighted by Gasteiger charge is -2.38. The van der Waals surface area contributed by atoms with Crippen molar-refractivity contribution < 1.29 is 13.9 Å². The number of halogens is 1. The maximum Gasteiger partial charge on any atom is 0.414 e. The van der Waals surface area contributed by atoms with Gasteiger partial charge in [0, 0.05) is 26.2 Å². The topological polar surface area (TPSA) is 74.1 Å². The zero-order valence-corrected chi connectivity index (χ0v) is 18.2. The largest absolute Gasteiger partial charge is 0.442 e. The average Bonchev–Trinajstić information content (AvgIpc) is 3.06. The fraction of sp³-hybridized carbons (Fsp3) is 0.526. The average molecular weight is 440 g/mol. The Morgan fingerprint density at radius 2 is 2.03 bits per heavy atom. The zero-order chi connectivity index (χ0) is 21.1. The number of hydrogen-bond donors (Lipinski definition) is 2. The van der Waals surface area contributed by atoms with Crippen LogP contribution in [-0.2, 0) is 4.74 Å². The number of rotatable bonds is 5. The summed E-state index contributed by atoms with van der Waals surface area (Å²) in [5.41, 5.74) is 6.86. The van der Waals surface area contributed by atoms with Gasteiger partial charge in [-0.25, -0.2) is 9.18 Å². The van der Waals surface area contributed by atoms with E-state index >= 15 is 0 Å². The Morgan fingerprint density at radius 3 is 2.62 bits per heavy atom. The smallest absolute Gasteiger partial charge is 0.414 e. The lowest BCUT2D eigenvalue weighted by atomic mass is 10.2. The monoisotopic (exact) mass is 439 g/mol. The summed E-state index contributed by atoms with van der Waals surface area (Å²) in [4.78, 5) is 19.0. The third-order valence-electron chi connectivity index (χ3n) is 5.02. The van der Waals surface area contributed by atoms with Crippen molar-refractivity contribution in [2.75, 3.05) is 49.1 Å². The van der Waals surface area contributed by atoms with Crippen molar-refractivity contribution in [2.24, 2.45) is 5.73 Å². The summed E-state index contributed by atoms with van der Waals surface area (Å²) >= 11 is 10.3. The van der Waals surface area contributed by atoms with Gasteiger partial charge in [-0.15, -0.1) is 0 Å². The number of nitrogens with two attached hydrogens (primary N) is 1. The third kappa shape index (κ3) is 5.12. The Labute approximate surface area is 180 Å². The van der Waals surface area contributed by atoms with Crippen LogP contribution in [0, 0.1) is 5.82 Å². The normalized spacial score (nSPS) is 20.5. The van der Waals surface area contributed by atoms with Crippen molar-refractivity contribution in [3.8, 4) is 0 Å². The molecule has 2 unspecified atom stereocenters. The second-order valence-corrected chi connectivity index (χ2v) is 8.32. The number of nitrogens with one attached hydrogen (secondary N) is 1. The molecule has 2 aliphatic heterocycles. The highest BCUT2D eigenvalue weighted by molar-refractivity contribution is 7.80. The molecule has 0 spiro atoms. The van der Waals surface area contributed by atoms with Crippen LogP contribution >= 0.6 is 24.4 Å². The van der Waals surface area contributed by atoms with E-state index in [0.29, 0.717) is 55.6 Å². The molecule has 1 amide bonds. The number of hydrogen-bond acceptors (Lipinski definition) is 6. The molecule has 29 heavy (non-hydrogen) atoms. The predicted octanol–water partition coefficient (Wildman–Crippen LogP) is 1.88. The molecule has 2 atom stereocenters. The van der Waals surface area contributed by atoms with Crippen molar-refractivity contribution in [1.29, 1.82) is 0 Å². The van der Waals surface area contributed by atoms with E-state index in [1.165, 1.54) is 11.0 Å². The first-order chi connectivity index (χ1) is 13.8. The van der Waals surface area contributed by atoms with E-state index < -0.39 is 6.09 Å². The molecule has 0 saturated carbocycles. The Bertz CT molecular complexity index is 799. The highest BCUT2D eigenvalue weighted by atomic mass is 32.1. The third-order valence-corrected chi connectivity index (χ3v) is 5.79. The number of anilines is 2. The fourth-order valence-electron chi connectivity index (χ4n) is 3.47. The molecule has 2 heterocycles. The highest BCUT2D eigenvalue weighted by Gasteiger charge is 2.33. The Hall–Kier alpha value is -2.04. The molecular formula is C19H26FN5O2S2. The molecule has 3 rings (SSSR count). The van der Waals surface area contributed by atoms with Crippen molar-refractivity contribution in [2.45, 2.75) is 26.0 Å². The number of carbonyl (C=O) groups is 1. The van der Waals surface area contributed by atoms with Gasteiger partial charge in [0.2, 0.25) is 0 Å². The van der Waals surface area contributed by atoms with Crippen LogP contribution in [0.5, 0.6) is 0 Å². The summed E-state index contributed by atoms with van der Waals surface area (Å²) in [5, 5.41) is 2.99. The van der Waals surface area contributed by atoms with E-state index in [1.54, 1.807) is 19.1 Å². The van der Waals surface area contributed by atoms with E-state index in [4.69, 9.17) is 34.9 Å². The van der Waals surface area contributed by atoms with Crippen LogP contribution in [0.3, 0.4) is 0 Å². The summed E-state index contributed by atoms with van der Waals surface area (Å²) in [7, 11) is 0. The van der Waals surface area contributed by atoms with E-state index in [-0.39, 0.29) is 18.0 Å². The van der Waals surface area contributed by atoms with Crippen LogP contribution in [0.4, 0.5) is 20.6 Å². The van der Waals surface area contributed by atoms with E-state index in [9.17, 15) is 9.18 Å². The lowest BCUT2D eigenvalue weighted by molar-refractivity contribution is 0.143. The summed E-state index contributed by atoms with van der Waals surface area (Å²) in [5.74, 6) is -0.366. The first-order valence-corrected chi connectivity index (χ1v) is 10.4. The Balaban J connectivity index is 1.63. The first-order valence-electron chi connectivity index (χ1n) is 9.57. The second kappa shape index (κ2) is 9.19. The van der Waals surface area contributed by atoms with Gasteiger partial charge in [0.25, 0.3) is 0 Å². The second-order valence-electron chi connectivity index (χ2n) is 7.29. The SMILES string of the molecule is CC(=S)NCC1CN(c2ccc(N3CCN(C(=S)C(C)N)CC3)c(F)c2)C(=O)O1. The molecule has 10 heteroatoms. The molecule has 0 aromatic heterocycles. The van der Waals surface area contributed by atoms with Crippen LogP contribution < -0.4 is 20.9 Å².